The summed E-state index contributed by atoms with van der Waals surface area (Å²) in [5, 5.41) is 0.816. The van der Waals surface area contributed by atoms with Crippen molar-refractivity contribution in [3.63, 3.8) is 0 Å². The number of piperidine rings is 1. The van der Waals surface area contributed by atoms with Crippen LogP contribution in [0.1, 0.15) is 36.2 Å². The first-order chi connectivity index (χ1) is 18.9. The second-order valence-electron chi connectivity index (χ2n) is 10.6. The number of likely N-dealkylation sites (tertiary alicyclic amines) is 1. The van der Waals surface area contributed by atoms with Crippen molar-refractivity contribution in [1.29, 1.82) is 0 Å². The van der Waals surface area contributed by atoms with Crippen LogP contribution in [0.5, 0.6) is 6.01 Å². The lowest BCUT2D eigenvalue weighted by Gasteiger charge is -2.45. The number of carbonyl (C=O) groups excluding carboxylic acids is 2. The molecule has 3 fully saturated rings. The molecular weight excluding hydrogens is 506 g/mol. The van der Waals surface area contributed by atoms with E-state index in [1.54, 1.807) is 27.9 Å². The number of hydrogen-bond acceptors (Lipinski definition) is 6. The molecule has 11 heteroatoms. The first kappa shape index (κ1) is 25.7. The van der Waals surface area contributed by atoms with Crippen molar-refractivity contribution in [2.24, 2.45) is 5.92 Å². The minimum absolute atomic E-state index is 0.133. The summed E-state index contributed by atoms with van der Waals surface area (Å²) in [5.74, 6) is -5.71. The summed E-state index contributed by atoms with van der Waals surface area (Å²) in [4.78, 5) is 40.9. The summed E-state index contributed by atoms with van der Waals surface area (Å²) in [6.45, 7) is 1.85. The molecule has 0 spiro atoms. The molecule has 2 aliphatic heterocycles. The predicted octanol–water partition coefficient (Wildman–Crippen LogP) is 3.22. The second kappa shape index (κ2) is 10.2. The number of nitrogens with zero attached hydrogens (tertiary/aromatic N) is 6. The highest BCUT2D eigenvalue weighted by Gasteiger charge is 2.51. The maximum Gasteiger partial charge on any atom is 0.316 e. The first-order valence-electron chi connectivity index (χ1n) is 13.5. The quantitative estimate of drug-likeness (QED) is 0.496. The van der Waals surface area contributed by atoms with E-state index in [0.717, 1.165) is 10.9 Å². The standard InChI is InChI=1S/C28H32F2N6O3/c1-39-27-31-16-21(17-32-27)36-23-8-3-2-5-19(23)15-24(36)26(38)35-10-9-28(29,30)22(18-35)25(37)34-13-11-33(12-14-34)20-6-4-7-20/h2-3,5,8,15-17,20,22H,4,6-7,9-14,18H2,1H3. The Morgan fingerprint density at radius 1 is 1.00 bits per heavy atom. The molecule has 1 aliphatic carbocycles. The fourth-order valence-electron chi connectivity index (χ4n) is 5.91. The van der Waals surface area contributed by atoms with E-state index in [1.165, 1.54) is 31.3 Å². The molecular formula is C28H32F2N6O3. The minimum Gasteiger partial charge on any atom is -0.467 e. The maximum atomic E-state index is 15.1. The fourth-order valence-corrected chi connectivity index (χ4v) is 5.91. The third-order valence-electron chi connectivity index (χ3n) is 8.42. The molecule has 1 unspecified atom stereocenters. The predicted molar refractivity (Wildman–Crippen MR) is 140 cm³/mol. The number of amides is 2. The molecule has 3 aliphatic rings. The van der Waals surface area contributed by atoms with Gasteiger partial charge in [0.15, 0.2) is 0 Å². The summed E-state index contributed by atoms with van der Waals surface area (Å²) in [6.07, 6.45) is 6.12. The highest BCUT2D eigenvalue weighted by Crippen LogP contribution is 2.36. The van der Waals surface area contributed by atoms with Gasteiger partial charge in [-0.05, 0) is 25.0 Å². The Morgan fingerprint density at radius 3 is 2.38 bits per heavy atom. The number of hydrogen-bond donors (Lipinski definition) is 0. The molecule has 1 aromatic carbocycles. The van der Waals surface area contributed by atoms with Gasteiger partial charge in [-0.15, -0.1) is 0 Å². The summed E-state index contributed by atoms with van der Waals surface area (Å²) in [6, 6.07) is 9.98. The molecule has 1 saturated carbocycles. The molecule has 0 bridgehead atoms. The van der Waals surface area contributed by atoms with Crippen LogP contribution in [0.15, 0.2) is 42.7 Å². The van der Waals surface area contributed by atoms with Crippen LogP contribution in [0.4, 0.5) is 8.78 Å². The summed E-state index contributed by atoms with van der Waals surface area (Å²) < 4.78 is 37.1. The molecule has 2 saturated heterocycles. The SMILES string of the molecule is COc1ncc(-n2c(C(=O)N3CCC(F)(F)C(C(=O)N4CCN(C5CCC5)CC4)C3)cc3ccccc32)cn1. The van der Waals surface area contributed by atoms with Crippen molar-refractivity contribution in [3.05, 3.63) is 48.4 Å². The lowest BCUT2D eigenvalue weighted by atomic mass is 9.90. The topological polar surface area (TPSA) is 83.8 Å². The average molecular weight is 539 g/mol. The number of piperazine rings is 1. The van der Waals surface area contributed by atoms with Gasteiger partial charge in [-0.2, -0.15) is 0 Å². The third kappa shape index (κ3) is 4.73. The lowest BCUT2D eigenvalue weighted by Crippen LogP contribution is -2.59. The van der Waals surface area contributed by atoms with E-state index in [4.69, 9.17) is 4.74 Å². The van der Waals surface area contributed by atoms with Crippen molar-refractivity contribution >= 4 is 22.7 Å². The van der Waals surface area contributed by atoms with Gasteiger partial charge in [0.1, 0.15) is 11.6 Å². The molecule has 6 rings (SSSR count). The van der Waals surface area contributed by atoms with E-state index in [2.05, 4.69) is 14.9 Å². The van der Waals surface area contributed by atoms with Gasteiger partial charge in [0.2, 0.25) is 5.91 Å². The van der Waals surface area contributed by atoms with Crippen molar-refractivity contribution in [1.82, 2.24) is 29.2 Å². The Hall–Kier alpha value is -3.60. The Balaban J connectivity index is 1.24. The van der Waals surface area contributed by atoms with E-state index in [9.17, 15) is 9.59 Å². The number of aromatic nitrogens is 3. The zero-order valence-corrected chi connectivity index (χ0v) is 21.9. The summed E-state index contributed by atoms with van der Waals surface area (Å²) >= 11 is 0. The zero-order chi connectivity index (χ0) is 27.1. The van der Waals surface area contributed by atoms with Crippen LogP contribution in [0.3, 0.4) is 0 Å². The molecule has 0 radical (unpaired) electrons. The van der Waals surface area contributed by atoms with Crippen LogP contribution in [-0.4, -0.2) is 99.4 Å². The van der Waals surface area contributed by atoms with Crippen LogP contribution in [0, 0.1) is 5.92 Å². The van der Waals surface area contributed by atoms with Gasteiger partial charge in [0.05, 0.1) is 30.7 Å². The van der Waals surface area contributed by atoms with Gasteiger partial charge in [-0.3, -0.25) is 14.5 Å². The van der Waals surface area contributed by atoms with Gasteiger partial charge in [-0.25, -0.2) is 18.7 Å². The van der Waals surface area contributed by atoms with Crippen LogP contribution in [0.25, 0.3) is 16.6 Å². The minimum atomic E-state index is -3.17. The highest BCUT2D eigenvalue weighted by atomic mass is 19.3. The van der Waals surface area contributed by atoms with Crippen molar-refractivity contribution in [2.75, 3.05) is 46.4 Å². The molecule has 3 aromatic rings. The molecule has 2 amide bonds. The Labute approximate surface area is 225 Å². The monoisotopic (exact) mass is 538 g/mol. The third-order valence-corrected chi connectivity index (χ3v) is 8.42. The van der Waals surface area contributed by atoms with Crippen LogP contribution in [-0.2, 0) is 4.79 Å². The number of para-hydroxylation sites is 1. The van der Waals surface area contributed by atoms with E-state index >= 15 is 8.78 Å². The Morgan fingerprint density at radius 2 is 1.72 bits per heavy atom. The maximum absolute atomic E-state index is 15.1. The number of carbonyl (C=O) groups is 2. The van der Waals surface area contributed by atoms with Crippen LogP contribution < -0.4 is 4.74 Å². The number of rotatable bonds is 5. The molecule has 0 N–H and O–H groups in total. The van der Waals surface area contributed by atoms with Gasteiger partial charge >= 0.3 is 6.01 Å². The number of benzene rings is 1. The normalized spacial score (nSPS) is 22.1. The second-order valence-corrected chi connectivity index (χ2v) is 10.6. The number of ether oxygens (including phenoxy) is 1. The number of alkyl halides is 2. The zero-order valence-electron chi connectivity index (χ0n) is 21.9. The van der Waals surface area contributed by atoms with Crippen LogP contribution in [0.2, 0.25) is 0 Å². The molecule has 9 nitrogen and oxygen atoms in total. The fraction of sp³-hybridized carbons (Fsp3) is 0.500. The molecule has 206 valence electrons. The summed E-state index contributed by atoms with van der Waals surface area (Å²) in [5.41, 5.74) is 1.60. The molecule has 4 heterocycles. The lowest BCUT2D eigenvalue weighted by molar-refractivity contribution is -0.160. The highest BCUT2D eigenvalue weighted by molar-refractivity contribution is 6.00. The van der Waals surface area contributed by atoms with Crippen molar-refractivity contribution in [2.45, 2.75) is 37.6 Å². The van der Waals surface area contributed by atoms with Gasteiger partial charge in [-0.1, -0.05) is 24.6 Å². The first-order valence-corrected chi connectivity index (χ1v) is 13.5. The number of fused-ring (bicyclic) bond motifs is 1. The van der Waals surface area contributed by atoms with E-state index in [0.29, 0.717) is 43.6 Å². The largest absolute Gasteiger partial charge is 0.467 e. The number of methoxy groups -OCH3 is 1. The van der Waals surface area contributed by atoms with Crippen LogP contribution >= 0.6 is 0 Å². The number of halogens is 2. The van der Waals surface area contributed by atoms with Gasteiger partial charge in [0.25, 0.3) is 11.8 Å². The van der Waals surface area contributed by atoms with Gasteiger partial charge < -0.3 is 19.1 Å². The molecule has 39 heavy (non-hydrogen) atoms. The Bertz CT molecular complexity index is 1370. The van der Waals surface area contributed by atoms with E-state index in [1.807, 2.05) is 24.3 Å². The van der Waals surface area contributed by atoms with Crippen molar-refractivity contribution < 1.29 is 23.1 Å². The van der Waals surface area contributed by atoms with Crippen molar-refractivity contribution in [3.8, 4) is 11.7 Å². The van der Waals surface area contributed by atoms with E-state index < -0.39 is 30.1 Å². The Kier molecular flexibility index (Phi) is 6.70. The smallest absolute Gasteiger partial charge is 0.316 e. The van der Waals surface area contributed by atoms with Gasteiger partial charge in [0, 0.05) is 57.1 Å². The molecule has 2 aromatic heterocycles. The molecule has 1 atom stereocenters. The average Bonchev–Trinajstić information content (AvgIpc) is 3.31. The van der Waals surface area contributed by atoms with E-state index in [-0.39, 0.29) is 19.1 Å². The summed E-state index contributed by atoms with van der Waals surface area (Å²) in [7, 11) is 1.47.